The molecule has 0 aliphatic carbocycles. The molecule has 2 aromatic rings. The van der Waals surface area contributed by atoms with Crippen LogP contribution >= 0.6 is 0 Å². The SMILES string of the molecule is CCOC(=O)C(CNC(=O)OC(C)(C)C)c1ccc(OS(=O)(=O)c2ccccc2)cc1. The Balaban J connectivity index is 2.14. The molecule has 0 fully saturated rings. The van der Waals surface area contributed by atoms with Crippen LogP contribution < -0.4 is 9.50 Å². The molecule has 0 saturated heterocycles. The van der Waals surface area contributed by atoms with Crippen LogP contribution in [0.3, 0.4) is 0 Å². The zero-order chi connectivity index (χ0) is 23.1. The van der Waals surface area contributed by atoms with E-state index in [-0.39, 0.29) is 23.8 Å². The van der Waals surface area contributed by atoms with Gasteiger partial charge < -0.3 is 19.0 Å². The summed E-state index contributed by atoms with van der Waals surface area (Å²) in [6.07, 6.45) is -0.657. The maximum absolute atomic E-state index is 12.4. The van der Waals surface area contributed by atoms with Gasteiger partial charge in [0.2, 0.25) is 0 Å². The average Bonchev–Trinajstić information content (AvgIpc) is 2.68. The van der Waals surface area contributed by atoms with E-state index in [1.807, 2.05) is 0 Å². The molecule has 2 aromatic carbocycles. The van der Waals surface area contributed by atoms with Crippen molar-refractivity contribution < 1.29 is 31.7 Å². The maximum Gasteiger partial charge on any atom is 0.407 e. The van der Waals surface area contributed by atoms with Gasteiger partial charge in [-0.2, -0.15) is 8.42 Å². The molecule has 168 valence electrons. The number of hydrogen-bond acceptors (Lipinski definition) is 7. The van der Waals surface area contributed by atoms with Crippen LogP contribution in [-0.4, -0.2) is 39.2 Å². The number of carbonyl (C=O) groups excluding carboxylic acids is 2. The van der Waals surface area contributed by atoms with Gasteiger partial charge in [-0.3, -0.25) is 4.79 Å². The quantitative estimate of drug-likeness (QED) is 0.484. The first kappa shape index (κ1) is 24.2. The molecular weight excluding hydrogens is 422 g/mol. The smallest absolute Gasteiger partial charge is 0.407 e. The summed E-state index contributed by atoms with van der Waals surface area (Å²) in [5.74, 6) is -1.23. The van der Waals surface area contributed by atoms with Crippen molar-refractivity contribution >= 4 is 22.2 Å². The Labute approximate surface area is 182 Å². The molecule has 1 unspecified atom stereocenters. The Bertz CT molecular complexity index is 981. The summed E-state index contributed by atoms with van der Waals surface area (Å²) in [5, 5.41) is 2.56. The summed E-state index contributed by atoms with van der Waals surface area (Å²) < 4.78 is 40.1. The molecule has 31 heavy (non-hydrogen) atoms. The molecule has 0 aromatic heterocycles. The van der Waals surface area contributed by atoms with E-state index < -0.39 is 33.7 Å². The minimum Gasteiger partial charge on any atom is -0.465 e. The molecule has 0 saturated carbocycles. The molecule has 1 N–H and O–H groups in total. The number of esters is 1. The molecule has 8 nitrogen and oxygen atoms in total. The van der Waals surface area contributed by atoms with Gasteiger partial charge in [0.15, 0.2) is 0 Å². The number of benzene rings is 2. The Morgan fingerprint density at radius 1 is 1.00 bits per heavy atom. The van der Waals surface area contributed by atoms with Crippen molar-refractivity contribution in [1.29, 1.82) is 0 Å². The van der Waals surface area contributed by atoms with Crippen molar-refractivity contribution in [3.05, 3.63) is 60.2 Å². The van der Waals surface area contributed by atoms with Crippen LogP contribution in [0.5, 0.6) is 5.75 Å². The lowest BCUT2D eigenvalue weighted by molar-refractivity contribution is -0.144. The summed E-state index contributed by atoms with van der Waals surface area (Å²) in [5.41, 5.74) is -0.147. The largest absolute Gasteiger partial charge is 0.465 e. The molecule has 0 bridgehead atoms. The van der Waals surface area contributed by atoms with Gasteiger partial charge in [0.1, 0.15) is 16.2 Å². The van der Waals surface area contributed by atoms with E-state index in [0.29, 0.717) is 5.56 Å². The van der Waals surface area contributed by atoms with Gasteiger partial charge in [0.05, 0.1) is 12.5 Å². The molecule has 1 atom stereocenters. The van der Waals surface area contributed by atoms with Crippen LogP contribution in [0.15, 0.2) is 59.5 Å². The van der Waals surface area contributed by atoms with Crippen molar-refractivity contribution in [2.24, 2.45) is 0 Å². The maximum atomic E-state index is 12.4. The Morgan fingerprint density at radius 3 is 2.16 bits per heavy atom. The van der Waals surface area contributed by atoms with Gasteiger partial charge >= 0.3 is 22.2 Å². The average molecular weight is 450 g/mol. The normalized spacial score (nSPS) is 12.5. The second-order valence-electron chi connectivity index (χ2n) is 7.61. The molecule has 0 heterocycles. The van der Waals surface area contributed by atoms with Crippen LogP contribution in [-0.2, 0) is 24.4 Å². The van der Waals surface area contributed by atoms with Crippen molar-refractivity contribution in [3.8, 4) is 5.75 Å². The fraction of sp³-hybridized carbons (Fsp3) is 0.364. The molecular formula is C22H27NO7S. The summed E-state index contributed by atoms with van der Waals surface area (Å²) in [4.78, 5) is 24.4. The topological polar surface area (TPSA) is 108 Å². The van der Waals surface area contributed by atoms with Crippen molar-refractivity contribution in [2.45, 2.75) is 44.1 Å². The molecule has 0 spiro atoms. The molecule has 1 amide bonds. The Kier molecular flexibility index (Phi) is 8.04. The first-order valence-electron chi connectivity index (χ1n) is 9.75. The van der Waals surface area contributed by atoms with Gasteiger partial charge in [-0.05, 0) is 57.5 Å². The number of alkyl carbamates (subject to hydrolysis) is 1. The van der Waals surface area contributed by atoms with Crippen LogP contribution in [0.25, 0.3) is 0 Å². The predicted octanol–water partition coefficient (Wildman–Crippen LogP) is 3.63. The second-order valence-corrected chi connectivity index (χ2v) is 9.15. The van der Waals surface area contributed by atoms with Crippen LogP contribution in [0.4, 0.5) is 4.79 Å². The minimum absolute atomic E-state index is 0.0324. The fourth-order valence-corrected chi connectivity index (χ4v) is 3.55. The van der Waals surface area contributed by atoms with Gasteiger partial charge in [-0.1, -0.05) is 30.3 Å². The number of nitrogens with one attached hydrogen (secondary N) is 1. The van der Waals surface area contributed by atoms with Gasteiger partial charge in [0.25, 0.3) is 0 Å². The van der Waals surface area contributed by atoms with E-state index in [1.165, 1.54) is 24.3 Å². The lowest BCUT2D eigenvalue weighted by atomic mass is 9.99. The summed E-state index contributed by atoms with van der Waals surface area (Å²) in [6, 6.07) is 13.7. The second kappa shape index (κ2) is 10.3. The van der Waals surface area contributed by atoms with Crippen LogP contribution in [0.1, 0.15) is 39.2 Å². The highest BCUT2D eigenvalue weighted by Gasteiger charge is 2.25. The van der Waals surface area contributed by atoms with Crippen molar-refractivity contribution in [3.63, 3.8) is 0 Å². The van der Waals surface area contributed by atoms with E-state index in [4.69, 9.17) is 13.7 Å². The van der Waals surface area contributed by atoms with Crippen LogP contribution in [0, 0.1) is 0 Å². The number of ether oxygens (including phenoxy) is 2. The van der Waals surface area contributed by atoms with E-state index in [2.05, 4.69) is 5.32 Å². The molecule has 2 rings (SSSR count). The lowest BCUT2D eigenvalue weighted by Crippen LogP contribution is -2.36. The van der Waals surface area contributed by atoms with E-state index in [1.54, 1.807) is 58.0 Å². The monoisotopic (exact) mass is 449 g/mol. The number of rotatable bonds is 8. The third kappa shape index (κ3) is 7.60. The first-order chi connectivity index (χ1) is 14.5. The Morgan fingerprint density at radius 2 is 1.61 bits per heavy atom. The van der Waals surface area contributed by atoms with Crippen molar-refractivity contribution in [2.75, 3.05) is 13.2 Å². The highest BCUT2D eigenvalue weighted by atomic mass is 32.2. The fourth-order valence-electron chi connectivity index (χ4n) is 2.60. The zero-order valence-corrected chi connectivity index (χ0v) is 18.8. The predicted molar refractivity (Wildman–Crippen MR) is 114 cm³/mol. The van der Waals surface area contributed by atoms with E-state index in [0.717, 1.165) is 0 Å². The Hall–Kier alpha value is -3.07. The summed E-state index contributed by atoms with van der Waals surface area (Å²) >= 11 is 0. The number of amides is 1. The minimum atomic E-state index is -3.98. The van der Waals surface area contributed by atoms with E-state index >= 15 is 0 Å². The van der Waals surface area contributed by atoms with Crippen LogP contribution in [0.2, 0.25) is 0 Å². The van der Waals surface area contributed by atoms with Crippen molar-refractivity contribution in [1.82, 2.24) is 5.32 Å². The molecule has 0 aliphatic heterocycles. The van der Waals surface area contributed by atoms with Gasteiger partial charge in [0, 0.05) is 6.54 Å². The first-order valence-corrected chi connectivity index (χ1v) is 11.2. The van der Waals surface area contributed by atoms with E-state index in [9.17, 15) is 18.0 Å². The molecule has 0 radical (unpaired) electrons. The van der Waals surface area contributed by atoms with Gasteiger partial charge in [-0.15, -0.1) is 0 Å². The number of carbonyl (C=O) groups is 2. The summed E-state index contributed by atoms with van der Waals surface area (Å²) in [7, 11) is -3.98. The standard InChI is InChI=1S/C22H27NO7S/c1-5-28-20(24)19(15-23-21(25)29-22(2,3)4)16-11-13-17(14-12-16)30-31(26,27)18-9-7-6-8-10-18/h6-14,19H,5,15H2,1-4H3,(H,23,25). The zero-order valence-electron chi connectivity index (χ0n) is 18.0. The molecule has 9 heteroatoms. The highest BCUT2D eigenvalue weighted by molar-refractivity contribution is 7.87. The third-order valence-corrected chi connectivity index (χ3v) is 5.20. The highest BCUT2D eigenvalue weighted by Crippen LogP contribution is 2.23. The van der Waals surface area contributed by atoms with Gasteiger partial charge in [-0.25, -0.2) is 4.79 Å². The molecule has 0 aliphatic rings. The number of hydrogen-bond donors (Lipinski definition) is 1. The lowest BCUT2D eigenvalue weighted by Gasteiger charge is -2.21. The summed E-state index contributed by atoms with van der Waals surface area (Å²) in [6.45, 7) is 7.02. The third-order valence-electron chi connectivity index (χ3n) is 3.94.